The lowest BCUT2D eigenvalue weighted by Crippen LogP contribution is -2.27. The number of hydrogen-bond donors (Lipinski definition) is 1. The Balaban J connectivity index is 1.85. The minimum absolute atomic E-state index is 0.179. The van der Waals surface area contributed by atoms with Gasteiger partial charge in [-0.05, 0) is 36.8 Å². The summed E-state index contributed by atoms with van der Waals surface area (Å²) in [5.41, 5.74) is 1.79. The number of aromatic nitrogens is 2. The first-order valence-electron chi connectivity index (χ1n) is 7.06. The van der Waals surface area contributed by atoms with Crippen LogP contribution in [0.5, 0.6) is 0 Å². The molecule has 0 fully saturated rings. The van der Waals surface area contributed by atoms with E-state index in [9.17, 15) is 4.79 Å². The Kier molecular flexibility index (Phi) is 4.39. The number of hydrogen-bond acceptors (Lipinski definition) is 4. The highest BCUT2D eigenvalue weighted by Gasteiger charge is 2.21. The molecule has 0 aliphatic carbocycles. The van der Waals surface area contributed by atoms with Gasteiger partial charge in [0.2, 0.25) is 0 Å². The highest BCUT2D eigenvalue weighted by molar-refractivity contribution is 6.33. The van der Waals surface area contributed by atoms with Gasteiger partial charge in [0, 0.05) is 18.0 Å². The summed E-state index contributed by atoms with van der Waals surface area (Å²) in [5.74, 6) is 0.0352. The second-order valence-corrected chi connectivity index (χ2v) is 5.39. The van der Waals surface area contributed by atoms with E-state index >= 15 is 0 Å². The van der Waals surface area contributed by atoms with E-state index in [-0.39, 0.29) is 17.6 Å². The maximum atomic E-state index is 12.5. The van der Waals surface area contributed by atoms with Crippen LogP contribution in [0.2, 0.25) is 5.02 Å². The maximum Gasteiger partial charge on any atom is 0.274 e. The van der Waals surface area contributed by atoms with Crippen LogP contribution in [-0.4, -0.2) is 15.9 Å². The van der Waals surface area contributed by atoms with E-state index in [2.05, 4.69) is 15.3 Å². The molecule has 0 aliphatic rings. The number of nitrogens with one attached hydrogen (secondary N) is 1. The van der Waals surface area contributed by atoms with Crippen LogP contribution in [0.3, 0.4) is 0 Å². The van der Waals surface area contributed by atoms with Gasteiger partial charge in [0.15, 0.2) is 17.8 Å². The fourth-order valence-electron chi connectivity index (χ4n) is 2.24. The normalized spacial score (nSPS) is 11.9. The molecule has 23 heavy (non-hydrogen) atoms. The molecule has 0 saturated heterocycles. The van der Waals surface area contributed by atoms with Gasteiger partial charge in [-0.3, -0.25) is 9.78 Å². The van der Waals surface area contributed by atoms with Gasteiger partial charge in [0.25, 0.3) is 5.91 Å². The van der Waals surface area contributed by atoms with Crippen LogP contribution in [0.4, 0.5) is 0 Å². The predicted octanol–water partition coefficient (Wildman–Crippen LogP) is 3.88. The molecule has 0 radical (unpaired) electrons. The maximum absolute atomic E-state index is 12.5. The van der Waals surface area contributed by atoms with Crippen LogP contribution >= 0.6 is 11.6 Å². The Morgan fingerprint density at radius 2 is 1.96 bits per heavy atom. The molecule has 0 saturated carbocycles. The predicted molar refractivity (Wildman–Crippen MR) is 87.1 cm³/mol. The van der Waals surface area contributed by atoms with Gasteiger partial charge in [-0.15, -0.1) is 0 Å². The summed E-state index contributed by atoms with van der Waals surface area (Å²) in [7, 11) is 0. The number of amides is 1. The molecule has 1 N–H and O–H groups in total. The van der Waals surface area contributed by atoms with E-state index in [1.54, 1.807) is 24.5 Å². The van der Waals surface area contributed by atoms with Crippen molar-refractivity contribution >= 4 is 17.5 Å². The Morgan fingerprint density at radius 3 is 2.70 bits per heavy atom. The van der Waals surface area contributed by atoms with Crippen LogP contribution in [0.25, 0.3) is 11.3 Å². The fraction of sp³-hybridized carbons (Fsp3) is 0.118. The van der Waals surface area contributed by atoms with E-state index in [0.29, 0.717) is 16.3 Å². The van der Waals surface area contributed by atoms with Crippen molar-refractivity contribution in [3.05, 3.63) is 71.5 Å². The second-order valence-electron chi connectivity index (χ2n) is 4.99. The molecule has 2 aromatic heterocycles. The van der Waals surface area contributed by atoms with E-state index in [0.717, 1.165) is 5.56 Å². The van der Waals surface area contributed by atoms with E-state index in [1.165, 1.54) is 6.39 Å². The van der Waals surface area contributed by atoms with Crippen molar-refractivity contribution < 1.29 is 9.21 Å². The first-order chi connectivity index (χ1) is 11.2. The summed E-state index contributed by atoms with van der Waals surface area (Å²) < 4.78 is 5.37. The lowest BCUT2D eigenvalue weighted by Gasteiger charge is -2.13. The lowest BCUT2D eigenvalue weighted by atomic mass is 10.1. The third-order valence-corrected chi connectivity index (χ3v) is 3.78. The van der Waals surface area contributed by atoms with Gasteiger partial charge in [0.1, 0.15) is 0 Å². The van der Waals surface area contributed by atoms with E-state index < -0.39 is 0 Å². The standard InChI is InChI=1S/C17H14ClN3O2/c1-11(12-6-8-19-9-7-12)21-17(22)15-16(23-10-20-15)13-4-2-3-5-14(13)18/h2-11H,1H3,(H,21,22). The van der Waals surface area contributed by atoms with Gasteiger partial charge in [0.05, 0.1) is 11.1 Å². The SMILES string of the molecule is CC(NC(=O)c1ncoc1-c1ccccc1Cl)c1ccncc1. The summed E-state index contributed by atoms with van der Waals surface area (Å²) in [6, 6.07) is 10.7. The molecule has 116 valence electrons. The van der Waals surface area contributed by atoms with Crippen molar-refractivity contribution in [1.29, 1.82) is 0 Å². The Bertz CT molecular complexity index is 817. The number of carbonyl (C=O) groups is 1. The van der Waals surface area contributed by atoms with Gasteiger partial charge in [-0.25, -0.2) is 4.98 Å². The van der Waals surface area contributed by atoms with Crippen LogP contribution in [-0.2, 0) is 0 Å². The largest absolute Gasteiger partial charge is 0.443 e. The zero-order valence-corrected chi connectivity index (χ0v) is 13.1. The van der Waals surface area contributed by atoms with Gasteiger partial charge >= 0.3 is 0 Å². The van der Waals surface area contributed by atoms with Crippen molar-refractivity contribution in [3.8, 4) is 11.3 Å². The third-order valence-electron chi connectivity index (χ3n) is 3.45. The molecule has 3 aromatic rings. The molecule has 2 heterocycles. The monoisotopic (exact) mass is 327 g/mol. The molecule has 1 aromatic carbocycles. The van der Waals surface area contributed by atoms with Gasteiger partial charge < -0.3 is 9.73 Å². The minimum Gasteiger partial charge on any atom is -0.443 e. The zero-order chi connectivity index (χ0) is 16.2. The summed E-state index contributed by atoms with van der Waals surface area (Å²) in [6.45, 7) is 1.89. The molecular weight excluding hydrogens is 314 g/mol. The van der Waals surface area contributed by atoms with Crippen LogP contribution in [0, 0.1) is 0 Å². The number of carbonyl (C=O) groups excluding carboxylic acids is 1. The fourth-order valence-corrected chi connectivity index (χ4v) is 2.47. The van der Waals surface area contributed by atoms with Crippen molar-refractivity contribution in [2.75, 3.05) is 0 Å². The number of oxazole rings is 1. The minimum atomic E-state index is -0.321. The molecule has 6 heteroatoms. The smallest absolute Gasteiger partial charge is 0.274 e. The average Bonchev–Trinajstić information content (AvgIpc) is 3.05. The summed E-state index contributed by atoms with van der Waals surface area (Å²) in [6.07, 6.45) is 4.61. The van der Waals surface area contributed by atoms with Crippen LogP contribution in [0.15, 0.2) is 59.6 Å². The van der Waals surface area contributed by atoms with E-state index in [1.807, 2.05) is 31.2 Å². The van der Waals surface area contributed by atoms with Crippen LogP contribution < -0.4 is 5.32 Å². The number of halogens is 1. The lowest BCUT2D eigenvalue weighted by molar-refractivity contribution is 0.0935. The van der Waals surface area contributed by atoms with E-state index in [4.69, 9.17) is 16.0 Å². The molecule has 0 bridgehead atoms. The van der Waals surface area contributed by atoms with Crippen LogP contribution in [0.1, 0.15) is 29.0 Å². The molecule has 0 spiro atoms. The zero-order valence-electron chi connectivity index (χ0n) is 12.4. The number of nitrogens with zero attached hydrogens (tertiary/aromatic N) is 2. The second kappa shape index (κ2) is 6.62. The molecule has 0 aliphatic heterocycles. The Morgan fingerprint density at radius 1 is 1.22 bits per heavy atom. The quantitative estimate of drug-likeness (QED) is 0.789. The highest BCUT2D eigenvalue weighted by Crippen LogP contribution is 2.30. The first kappa shape index (κ1) is 15.2. The Hall–Kier alpha value is -2.66. The Labute approximate surface area is 138 Å². The van der Waals surface area contributed by atoms with Crippen molar-refractivity contribution in [2.24, 2.45) is 0 Å². The highest BCUT2D eigenvalue weighted by atomic mass is 35.5. The molecule has 1 amide bonds. The first-order valence-corrected chi connectivity index (χ1v) is 7.44. The van der Waals surface area contributed by atoms with Gasteiger partial charge in [-0.2, -0.15) is 0 Å². The summed E-state index contributed by atoms with van der Waals surface area (Å²) in [5, 5.41) is 3.40. The molecule has 1 unspecified atom stereocenters. The summed E-state index contributed by atoms with van der Waals surface area (Å²) in [4.78, 5) is 20.5. The topological polar surface area (TPSA) is 68.0 Å². The number of pyridine rings is 1. The van der Waals surface area contributed by atoms with Gasteiger partial charge in [-0.1, -0.05) is 23.7 Å². The van der Waals surface area contributed by atoms with Crippen molar-refractivity contribution in [1.82, 2.24) is 15.3 Å². The third kappa shape index (κ3) is 3.24. The number of rotatable bonds is 4. The number of benzene rings is 1. The molecule has 1 atom stereocenters. The molecule has 3 rings (SSSR count). The summed E-state index contributed by atoms with van der Waals surface area (Å²) >= 11 is 6.17. The molecule has 5 nitrogen and oxygen atoms in total. The average molecular weight is 328 g/mol. The molecular formula is C17H14ClN3O2. The van der Waals surface area contributed by atoms with Crippen molar-refractivity contribution in [2.45, 2.75) is 13.0 Å². The van der Waals surface area contributed by atoms with Crippen molar-refractivity contribution in [3.63, 3.8) is 0 Å².